The van der Waals surface area contributed by atoms with E-state index in [2.05, 4.69) is 32.0 Å². The van der Waals surface area contributed by atoms with Crippen molar-refractivity contribution in [3.8, 4) is 11.4 Å². The highest BCUT2D eigenvalue weighted by molar-refractivity contribution is 5.98. The van der Waals surface area contributed by atoms with Gasteiger partial charge in [-0.15, -0.1) is 0 Å². The van der Waals surface area contributed by atoms with Crippen LogP contribution in [0.2, 0.25) is 0 Å². The van der Waals surface area contributed by atoms with E-state index in [1.54, 1.807) is 23.0 Å². The Hall–Kier alpha value is -3.94. The number of aromatic hydroxyl groups is 1. The van der Waals surface area contributed by atoms with E-state index >= 15 is 0 Å². The number of carbonyl (C=O) groups is 1. The molecule has 0 aliphatic rings. The molecule has 2 aromatic carbocycles. The van der Waals surface area contributed by atoms with Crippen molar-refractivity contribution in [2.75, 3.05) is 5.43 Å². The molecule has 4 rings (SSSR count). The Bertz CT molecular complexity index is 1180. The number of phenolic OH excluding ortho intramolecular Hbond substituents is 1. The lowest BCUT2D eigenvalue weighted by Gasteiger charge is -2.10. The van der Waals surface area contributed by atoms with Crippen molar-refractivity contribution in [2.45, 2.75) is 13.8 Å². The van der Waals surface area contributed by atoms with E-state index in [0.717, 1.165) is 11.3 Å². The van der Waals surface area contributed by atoms with Crippen LogP contribution in [0.5, 0.6) is 5.75 Å². The molecular formula is C20H18N6O2. The van der Waals surface area contributed by atoms with E-state index in [1.165, 1.54) is 24.0 Å². The topological polar surface area (TPSA) is 105 Å². The Morgan fingerprint density at radius 3 is 2.71 bits per heavy atom. The van der Waals surface area contributed by atoms with E-state index in [0.29, 0.717) is 16.9 Å². The lowest BCUT2D eigenvalue weighted by molar-refractivity contribution is 0.0960. The van der Waals surface area contributed by atoms with Gasteiger partial charge in [0.25, 0.3) is 5.91 Å². The lowest BCUT2D eigenvalue weighted by Crippen LogP contribution is -2.30. The number of benzene rings is 2. The molecule has 0 unspecified atom stereocenters. The van der Waals surface area contributed by atoms with Gasteiger partial charge in [-0.3, -0.25) is 15.6 Å². The highest BCUT2D eigenvalue weighted by Crippen LogP contribution is 2.23. The quantitative estimate of drug-likeness (QED) is 0.475. The van der Waals surface area contributed by atoms with Crippen LogP contribution in [0.15, 0.2) is 55.0 Å². The summed E-state index contributed by atoms with van der Waals surface area (Å²) in [6.07, 6.45) is 3.04. The molecule has 0 fully saturated rings. The molecule has 0 aliphatic heterocycles. The van der Waals surface area contributed by atoms with Crippen molar-refractivity contribution in [1.82, 2.24) is 25.2 Å². The fourth-order valence-corrected chi connectivity index (χ4v) is 3.01. The molecule has 0 bridgehead atoms. The SMILES string of the molecule is Cc1ccc(-n2ncc3c(NNC(=O)c4ccccc4O)ncnc32)c(C)c1. The van der Waals surface area contributed by atoms with Crippen LogP contribution in [0, 0.1) is 13.8 Å². The summed E-state index contributed by atoms with van der Waals surface area (Å²) in [4.78, 5) is 20.8. The van der Waals surface area contributed by atoms with E-state index in [9.17, 15) is 9.90 Å². The number of rotatable bonds is 4. The summed E-state index contributed by atoms with van der Waals surface area (Å²) in [5.74, 6) is -0.172. The van der Waals surface area contributed by atoms with Gasteiger partial charge in [0.05, 0.1) is 22.8 Å². The largest absolute Gasteiger partial charge is 0.507 e. The number of fused-ring (bicyclic) bond motifs is 1. The van der Waals surface area contributed by atoms with Gasteiger partial charge >= 0.3 is 0 Å². The van der Waals surface area contributed by atoms with Gasteiger partial charge in [-0.25, -0.2) is 14.6 Å². The van der Waals surface area contributed by atoms with Crippen LogP contribution in [0.1, 0.15) is 21.5 Å². The van der Waals surface area contributed by atoms with Crippen LogP contribution in [-0.2, 0) is 0 Å². The molecule has 0 atom stereocenters. The van der Waals surface area contributed by atoms with Crippen LogP contribution in [0.3, 0.4) is 0 Å². The zero-order chi connectivity index (χ0) is 19.7. The number of amides is 1. The molecule has 4 aromatic rings. The summed E-state index contributed by atoms with van der Waals surface area (Å²) in [5.41, 5.74) is 9.26. The molecule has 1 amide bonds. The van der Waals surface area contributed by atoms with Gasteiger partial charge in [-0.1, -0.05) is 29.8 Å². The Morgan fingerprint density at radius 2 is 1.93 bits per heavy atom. The van der Waals surface area contributed by atoms with Crippen LogP contribution in [0.4, 0.5) is 5.82 Å². The molecule has 140 valence electrons. The number of hydrogen-bond acceptors (Lipinski definition) is 6. The third kappa shape index (κ3) is 3.11. The molecule has 0 spiro atoms. The fraction of sp³-hybridized carbons (Fsp3) is 0.100. The Balaban J connectivity index is 1.64. The smallest absolute Gasteiger partial charge is 0.273 e. The van der Waals surface area contributed by atoms with Gasteiger partial charge in [0.15, 0.2) is 11.5 Å². The standard InChI is InChI=1S/C20H18N6O2/c1-12-7-8-16(13(2)9-12)26-19-15(10-23-26)18(21-11-22-19)24-25-20(28)14-5-3-4-6-17(14)27/h3-11,27H,1-2H3,(H,25,28)(H,21,22,24). The van der Waals surface area contributed by atoms with Crippen LogP contribution < -0.4 is 10.9 Å². The third-order valence-electron chi connectivity index (χ3n) is 4.39. The maximum absolute atomic E-state index is 12.3. The van der Waals surface area contributed by atoms with Crippen LogP contribution in [0.25, 0.3) is 16.7 Å². The number of carbonyl (C=O) groups excluding carboxylic acids is 1. The normalized spacial score (nSPS) is 10.8. The number of hydrazine groups is 1. The summed E-state index contributed by atoms with van der Waals surface area (Å²) < 4.78 is 1.74. The minimum absolute atomic E-state index is 0.0997. The summed E-state index contributed by atoms with van der Waals surface area (Å²) >= 11 is 0. The summed E-state index contributed by atoms with van der Waals surface area (Å²) in [5, 5.41) is 14.9. The average molecular weight is 374 g/mol. The fourth-order valence-electron chi connectivity index (χ4n) is 3.01. The lowest BCUT2D eigenvalue weighted by atomic mass is 10.1. The van der Waals surface area contributed by atoms with Crippen molar-refractivity contribution in [3.63, 3.8) is 0 Å². The van der Waals surface area contributed by atoms with Crippen molar-refractivity contribution in [1.29, 1.82) is 0 Å². The Labute approximate surface area is 160 Å². The maximum Gasteiger partial charge on any atom is 0.273 e. The predicted octanol–water partition coefficient (Wildman–Crippen LogP) is 2.89. The van der Waals surface area contributed by atoms with E-state index in [4.69, 9.17) is 0 Å². The number of aryl methyl sites for hydroxylation is 2. The van der Waals surface area contributed by atoms with Crippen LogP contribution in [-0.4, -0.2) is 30.8 Å². The summed E-state index contributed by atoms with van der Waals surface area (Å²) in [7, 11) is 0. The molecule has 3 N–H and O–H groups in total. The molecule has 8 heteroatoms. The maximum atomic E-state index is 12.3. The molecule has 28 heavy (non-hydrogen) atoms. The number of hydrogen-bond donors (Lipinski definition) is 3. The first-order valence-electron chi connectivity index (χ1n) is 8.65. The molecule has 0 radical (unpaired) electrons. The monoisotopic (exact) mass is 374 g/mol. The molecule has 2 heterocycles. The second-order valence-electron chi connectivity index (χ2n) is 6.40. The van der Waals surface area contributed by atoms with Gasteiger partial charge in [0.2, 0.25) is 0 Å². The number of nitrogens with zero attached hydrogens (tertiary/aromatic N) is 4. The molecule has 0 aliphatic carbocycles. The number of nitrogens with one attached hydrogen (secondary N) is 2. The van der Waals surface area contributed by atoms with Crippen molar-refractivity contribution < 1.29 is 9.90 Å². The second kappa shape index (κ2) is 6.99. The molecular weight excluding hydrogens is 356 g/mol. The zero-order valence-electron chi connectivity index (χ0n) is 15.3. The molecule has 8 nitrogen and oxygen atoms in total. The highest BCUT2D eigenvalue weighted by Gasteiger charge is 2.14. The minimum atomic E-state index is -0.480. The van der Waals surface area contributed by atoms with Gasteiger partial charge in [0.1, 0.15) is 12.1 Å². The Morgan fingerprint density at radius 1 is 1.11 bits per heavy atom. The number of anilines is 1. The first-order chi connectivity index (χ1) is 13.5. The van der Waals surface area contributed by atoms with Crippen molar-refractivity contribution in [2.24, 2.45) is 0 Å². The predicted molar refractivity (Wildman–Crippen MR) is 105 cm³/mol. The van der Waals surface area contributed by atoms with Gasteiger partial charge in [-0.2, -0.15) is 5.10 Å². The molecule has 0 saturated carbocycles. The summed E-state index contributed by atoms with van der Waals surface area (Å²) in [6.45, 7) is 4.05. The van der Waals surface area contributed by atoms with E-state index < -0.39 is 5.91 Å². The number of phenols is 1. The van der Waals surface area contributed by atoms with Crippen molar-refractivity contribution in [3.05, 3.63) is 71.7 Å². The van der Waals surface area contributed by atoms with Gasteiger partial charge < -0.3 is 5.11 Å². The van der Waals surface area contributed by atoms with E-state index in [1.807, 2.05) is 26.0 Å². The third-order valence-corrected chi connectivity index (χ3v) is 4.39. The highest BCUT2D eigenvalue weighted by atomic mass is 16.3. The van der Waals surface area contributed by atoms with Crippen LogP contribution >= 0.6 is 0 Å². The van der Waals surface area contributed by atoms with Crippen molar-refractivity contribution >= 4 is 22.8 Å². The average Bonchev–Trinajstić information content (AvgIpc) is 3.11. The molecule has 2 aromatic heterocycles. The summed E-state index contributed by atoms with van der Waals surface area (Å²) in [6, 6.07) is 12.4. The zero-order valence-corrected chi connectivity index (χ0v) is 15.3. The first-order valence-corrected chi connectivity index (χ1v) is 8.65. The van der Waals surface area contributed by atoms with Gasteiger partial charge in [0, 0.05) is 0 Å². The minimum Gasteiger partial charge on any atom is -0.507 e. The Kier molecular flexibility index (Phi) is 4.36. The number of aromatic nitrogens is 4. The second-order valence-corrected chi connectivity index (χ2v) is 6.40. The van der Waals surface area contributed by atoms with Gasteiger partial charge in [-0.05, 0) is 37.6 Å². The molecule has 0 saturated heterocycles. The first kappa shape index (κ1) is 17.5. The number of para-hydroxylation sites is 1. The van der Waals surface area contributed by atoms with E-state index in [-0.39, 0.29) is 11.3 Å².